The number of rotatable bonds is 6. The number of amides is 1. The van der Waals surface area contributed by atoms with Crippen LogP contribution in [0.4, 0.5) is 8.78 Å². The first kappa shape index (κ1) is 17.5. The van der Waals surface area contributed by atoms with E-state index in [0.29, 0.717) is 28.4 Å². The van der Waals surface area contributed by atoms with Crippen molar-refractivity contribution >= 4 is 17.2 Å². The average molecular weight is 340 g/mol. The Kier molecular flexibility index (Phi) is 5.79. The van der Waals surface area contributed by atoms with Gasteiger partial charge >= 0.3 is 0 Å². The number of hydrogen-bond acceptors (Lipinski definition) is 4. The van der Waals surface area contributed by atoms with E-state index in [9.17, 15) is 18.7 Å². The molecular weight excluding hydrogens is 322 g/mol. The van der Waals surface area contributed by atoms with Gasteiger partial charge in [0.25, 0.3) is 5.91 Å². The molecule has 1 amide bonds. The lowest BCUT2D eigenvalue weighted by molar-refractivity contribution is 0.0923. The molecule has 0 aliphatic carbocycles. The Morgan fingerprint density at radius 2 is 2.09 bits per heavy atom. The summed E-state index contributed by atoms with van der Waals surface area (Å²) in [5.74, 6) is -2.04. The summed E-state index contributed by atoms with van der Waals surface area (Å²) in [4.78, 5) is 16.5. The van der Waals surface area contributed by atoms with Crippen LogP contribution in [0, 0.1) is 17.6 Å². The summed E-state index contributed by atoms with van der Waals surface area (Å²) < 4.78 is 26.2. The molecule has 0 saturated carbocycles. The number of thiazole rings is 1. The Bertz CT molecular complexity index is 688. The van der Waals surface area contributed by atoms with Gasteiger partial charge in [-0.1, -0.05) is 13.8 Å². The predicted molar refractivity (Wildman–Crippen MR) is 85.3 cm³/mol. The second kappa shape index (κ2) is 7.61. The van der Waals surface area contributed by atoms with Crippen LogP contribution in [0.2, 0.25) is 0 Å². The highest BCUT2D eigenvalue weighted by Crippen LogP contribution is 2.26. The molecule has 1 atom stereocenters. The van der Waals surface area contributed by atoms with Crippen LogP contribution in [-0.4, -0.2) is 28.6 Å². The third kappa shape index (κ3) is 4.56. The van der Waals surface area contributed by atoms with Gasteiger partial charge < -0.3 is 10.4 Å². The van der Waals surface area contributed by atoms with Crippen LogP contribution in [-0.2, 0) is 0 Å². The number of nitrogens with zero attached hydrogens (tertiary/aromatic N) is 1. The van der Waals surface area contributed by atoms with Crippen LogP contribution in [0.1, 0.15) is 29.9 Å². The molecule has 124 valence electrons. The molecular formula is C16H18F2N2O2S. The fourth-order valence-electron chi connectivity index (χ4n) is 1.90. The Hall–Kier alpha value is -1.86. The maximum absolute atomic E-state index is 13.2. The van der Waals surface area contributed by atoms with Crippen molar-refractivity contribution in [3.8, 4) is 10.6 Å². The van der Waals surface area contributed by atoms with Gasteiger partial charge in [0.1, 0.15) is 9.88 Å². The predicted octanol–water partition coefficient (Wildman–Crippen LogP) is 3.23. The van der Waals surface area contributed by atoms with Gasteiger partial charge in [0.15, 0.2) is 11.6 Å². The van der Waals surface area contributed by atoms with E-state index < -0.39 is 17.7 Å². The van der Waals surface area contributed by atoms with Crippen molar-refractivity contribution in [2.24, 2.45) is 5.92 Å². The number of halogens is 2. The Labute approximate surface area is 137 Å². The first-order valence-corrected chi connectivity index (χ1v) is 8.07. The smallest absolute Gasteiger partial charge is 0.263 e. The summed E-state index contributed by atoms with van der Waals surface area (Å²) >= 11 is 1.10. The maximum atomic E-state index is 13.2. The van der Waals surface area contributed by atoms with E-state index in [1.165, 1.54) is 12.3 Å². The molecule has 1 heterocycles. The molecule has 0 bridgehead atoms. The molecule has 0 radical (unpaired) electrons. The van der Waals surface area contributed by atoms with Crippen LogP contribution >= 0.6 is 11.3 Å². The van der Waals surface area contributed by atoms with Crippen molar-refractivity contribution in [2.45, 2.75) is 26.4 Å². The standard InChI is InChI=1S/C16H18F2N2O2S/c1-9(2)13(21)5-6-19-15(22)14-8-20-16(23-14)10-3-4-11(17)12(18)7-10/h3-4,7-9,13,21H,5-6H2,1-2H3,(H,19,22). The SMILES string of the molecule is CC(C)C(O)CCNC(=O)c1cnc(-c2ccc(F)c(F)c2)s1. The Morgan fingerprint density at radius 1 is 1.35 bits per heavy atom. The zero-order valence-electron chi connectivity index (χ0n) is 12.8. The number of nitrogens with one attached hydrogen (secondary N) is 1. The van der Waals surface area contributed by atoms with Crippen LogP contribution in [0.15, 0.2) is 24.4 Å². The summed E-state index contributed by atoms with van der Waals surface area (Å²) in [6, 6.07) is 3.49. The lowest BCUT2D eigenvalue weighted by atomic mass is 10.0. The van der Waals surface area contributed by atoms with Gasteiger partial charge in [0, 0.05) is 12.1 Å². The maximum Gasteiger partial charge on any atom is 0.263 e. The van der Waals surface area contributed by atoms with E-state index in [-0.39, 0.29) is 11.8 Å². The quantitative estimate of drug-likeness (QED) is 0.849. The largest absolute Gasteiger partial charge is 0.393 e. The molecule has 0 aliphatic rings. The highest BCUT2D eigenvalue weighted by atomic mass is 32.1. The molecule has 23 heavy (non-hydrogen) atoms. The molecule has 1 aromatic carbocycles. The van der Waals surface area contributed by atoms with Crippen LogP contribution in [0.3, 0.4) is 0 Å². The molecule has 7 heteroatoms. The minimum Gasteiger partial charge on any atom is -0.393 e. The van der Waals surface area contributed by atoms with Gasteiger partial charge in [-0.3, -0.25) is 4.79 Å². The van der Waals surface area contributed by atoms with Crippen molar-refractivity contribution in [1.29, 1.82) is 0 Å². The lowest BCUT2D eigenvalue weighted by Gasteiger charge is -2.14. The van der Waals surface area contributed by atoms with Gasteiger partial charge in [-0.25, -0.2) is 13.8 Å². The number of aromatic nitrogens is 1. The van der Waals surface area contributed by atoms with Crippen molar-refractivity contribution in [3.05, 3.63) is 40.9 Å². The van der Waals surface area contributed by atoms with Gasteiger partial charge in [0.2, 0.25) is 0 Å². The molecule has 0 aliphatic heterocycles. The van der Waals surface area contributed by atoms with Crippen molar-refractivity contribution in [2.75, 3.05) is 6.54 Å². The number of aliphatic hydroxyl groups is 1. The summed E-state index contributed by atoms with van der Waals surface area (Å²) in [6.45, 7) is 4.17. The zero-order chi connectivity index (χ0) is 17.0. The molecule has 0 fully saturated rings. The molecule has 2 aromatic rings. The van der Waals surface area contributed by atoms with Crippen molar-refractivity contribution in [3.63, 3.8) is 0 Å². The Balaban J connectivity index is 1.98. The Morgan fingerprint density at radius 3 is 2.74 bits per heavy atom. The van der Waals surface area contributed by atoms with Gasteiger partial charge in [-0.05, 0) is 30.5 Å². The molecule has 1 aromatic heterocycles. The second-order valence-electron chi connectivity index (χ2n) is 5.51. The highest BCUT2D eigenvalue weighted by molar-refractivity contribution is 7.16. The third-order valence-corrected chi connectivity index (χ3v) is 4.44. The molecule has 2 N–H and O–H groups in total. The fraction of sp³-hybridized carbons (Fsp3) is 0.375. The number of carbonyl (C=O) groups is 1. The molecule has 1 unspecified atom stereocenters. The van der Waals surface area contributed by atoms with E-state index in [0.717, 1.165) is 23.5 Å². The van der Waals surface area contributed by atoms with Crippen LogP contribution < -0.4 is 5.32 Å². The number of aliphatic hydroxyl groups excluding tert-OH is 1. The van der Waals surface area contributed by atoms with Crippen LogP contribution in [0.25, 0.3) is 10.6 Å². The van der Waals surface area contributed by atoms with Crippen LogP contribution in [0.5, 0.6) is 0 Å². The topological polar surface area (TPSA) is 62.2 Å². The first-order chi connectivity index (χ1) is 10.9. The molecule has 0 spiro atoms. The highest BCUT2D eigenvalue weighted by Gasteiger charge is 2.14. The van der Waals surface area contributed by atoms with E-state index in [4.69, 9.17) is 0 Å². The monoisotopic (exact) mass is 340 g/mol. The van der Waals surface area contributed by atoms with Gasteiger partial charge in [-0.2, -0.15) is 0 Å². The molecule has 2 rings (SSSR count). The zero-order valence-corrected chi connectivity index (χ0v) is 13.7. The summed E-state index contributed by atoms with van der Waals surface area (Å²) in [5, 5.41) is 12.8. The number of benzene rings is 1. The van der Waals surface area contributed by atoms with Gasteiger partial charge in [0.05, 0.1) is 12.3 Å². The summed E-state index contributed by atoms with van der Waals surface area (Å²) in [6.07, 6.45) is 1.41. The number of carbonyl (C=O) groups excluding carboxylic acids is 1. The lowest BCUT2D eigenvalue weighted by Crippen LogP contribution is -2.28. The fourth-order valence-corrected chi connectivity index (χ4v) is 2.72. The van der Waals surface area contributed by atoms with E-state index >= 15 is 0 Å². The van der Waals surface area contributed by atoms with E-state index in [1.807, 2.05) is 13.8 Å². The van der Waals surface area contributed by atoms with E-state index in [1.54, 1.807) is 0 Å². The number of hydrogen-bond donors (Lipinski definition) is 2. The van der Waals surface area contributed by atoms with Gasteiger partial charge in [-0.15, -0.1) is 11.3 Å². The third-order valence-electron chi connectivity index (χ3n) is 3.39. The van der Waals surface area contributed by atoms with Crippen molar-refractivity contribution < 1.29 is 18.7 Å². The van der Waals surface area contributed by atoms with E-state index in [2.05, 4.69) is 10.3 Å². The summed E-state index contributed by atoms with van der Waals surface area (Å²) in [5.41, 5.74) is 0.420. The molecule has 0 saturated heterocycles. The minimum absolute atomic E-state index is 0.135. The normalized spacial score (nSPS) is 12.4. The first-order valence-electron chi connectivity index (χ1n) is 7.26. The average Bonchev–Trinajstić information content (AvgIpc) is 2.99. The summed E-state index contributed by atoms with van der Waals surface area (Å²) in [7, 11) is 0. The van der Waals surface area contributed by atoms with Crippen molar-refractivity contribution in [1.82, 2.24) is 10.3 Å². The second-order valence-corrected chi connectivity index (χ2v) is 6.55. The molecule has 4 nitrogen and oxygen atoms in total. The minimum atomic E-state index is -0.952.